The van der Waals surface area contributed by atoms with Crippen LogP contribution in [0.4, 0.5) is 0 Å². The third-order valence-corrected chi connectivity index (χ3v) is 3.57. The molecule has 0 aliphatic carbocycles. The lowest BCUT2D eigenvalue weighted by Crippen LogP contribution is -2.27. The average molecular weight is 236 g/mol. The summed E-state index contributed by atoms with van der Waals surface area (Å²) in [5.74, 6) is 0. The summed E-state index contributed by atoms with van der Waals surface area (Å²) < 4.78 is 0. The quantitative estimate of drug-likeness (QED) is 0.717. The molecule has 0 N–H and O–H groups in total. The van der Waals surface area contributed by atoms with Crippen molar-refractivity contribution in [2.24, 2.45) is 0 Å². The van der Waals surface area contributed by atoms with Gasteiger partial charge in [-0.25, -0.2) is 0 Å². The Labute approximate surface area is 103 Å². The molecular formula is C14H18ClN. The van der Waals surface area contributed by atoms with Gasteiger partial charge < -0.3 is 4.90 Å². The highest BCUT2D eigenvalue weighted by Gasteiger charge is 2.16. The van der Waals surface area contributed by atoms with Gasteiger partial charge in [-0.2, -0.15) is 0 Å². The highest BCUT2D eigenvalue weighted by Crippen LogP contribution is 2.29. The van der Waals surface area contributed by atoms with E-state index in [2.05, 4.69) is 37.9 Å². The van der Waals surface area contributed by atoms with E-state index in [9.17, 15) is 0 Å². The lowest BCUT2D eigenvalue weighted by molar-refractivity contribution is 0.366. The Kier molecular flexibility index (Phi) is 3.36. The van der Waals surface area contributed by atoms with Crippen LogP contribution in [0.5, 0.6) is 0 Å². The van der Waals surface area contributed by atoms with Gasteiger partial charge in [0.15, 0.2) is 0 Å². The first kappa shape index (κ1) is 11.7. The van der Waals surface area contributed by atoms with Crippen LogP contribution < -0.4 is 0 Å². The van der Waals surface area contributed by atoms with Crippen molar-refractivity contribution in [2.75, 3.05) is 20.1 Å². The van der Waals surface area contributed by atoms with Crippen molar-refractivity contribution < 1.29 is 0 Å². The van der Waals surface area contributed by atoms with E-state index in [4.69, 9.17) is 11.6 Å². The van der Waals surface area contributed by atoms with Gasteiger partial charge in [-0.1, -0.05) is 23.2 Å². The van der Waals surface area contributed by atoms with Crippen molar-refractivity contribution in [3.8, 4) is 0 Å². The summed E-state index contributed by atoms with van der Waals surface area (Å²) in [6.45, 7) is 6.59. The van der Waals surface area contributed by atoms with Gasteiger partial charge in [0.05, 0.1) is 0 Å². The molecule has 0 unspecified atom stereocenters. The number of aryl methyl sites for hydroxylation is 1. The molecule has 0 spiro atoms. The van der Waals surface area contributed by atoms with E-state index in [-0.39, 0.29) is 0 Å². The molecule has 2 heteroatoms. The smallest absolute Gasteiger partial charge is 0.0412 e. The Morgan fingerprint density at radius 2 is 2.00 bits per heavy atom. The monoisotopic (exact) mass is 235 g/mol. The van der Waals surface area contributed by atoms with Crippen LogP contribution in [0.1, 0.15) is 24.5 Å². The molecule has 0 bridgehead atoms. The Morgan fingerprint density at radius 1 is 1.25 bits per heavy atom. The molecule has 1 nitrogen and oxygen atoms in total. The Bertz CT molecular complexity index is 434. The van der Waals surface area contributed by atoms with Crippen LogP contribution in [-0.2, 0) is 0 Å². The topological polar surface area (TPSA) is 3.24 Å². The number of hydrogen-bond donors (Lipinski definition) is 0. The zero-order valence-electron chi connectivity index (χ0n) is 10.2. The largest absolute Gasteiger partial charge is 0.302 e. The summed E-state index contributed by atoms with van der Waals surface area (Å²) >= 11 is 6.08. The Hall–Kier alpha value is -0.790. The molecule has 0 radical (unpaired) electrons. The lowest BCUT2D eigenvalue weighted by atomic mass is 9.92. The molecule has 0 atom stereocenters. The van der Waals surface area contributed by atoms with Crippen molar-refractivity contribution in [2.45, 2.75) is 20.3 Å². The Balaban J connectivity index is 2.46. The number of halogens is 1. The fourth-order valence-electron chi connectivity index (χ4n) is 2.23. The van der Waals surface area contributed by atoms with E-state index in [1.807, 2.05) is 6.07 Å². The summed E-state index contributed by atoms with van der Waals surface area (Å²) in [6.07, 6.45) is 1.16. The van der Waals surface area contributed by atoms with Gasteiger partial charge in [0.2, 0.25) is 0 Å². The molecule has 0 amide bonds. The third-order valence-electron chi connectivity index (χ3n) is 3.34. The van der Waals surface area contributed by atoms with Crippen LogP contribution in [0.3, 0.4) is 0 Å². The van der Waals surface area contributed by atoms with Gasteiger partial charge in [-0.05, 0) is 56.1 Å². The number of hydrogen-bond acceptors (Lipinski definition) is 1. The maximum atomic E-state index is 6.08. The van der Waals surface area contributed by atoms with Crippen LogP contribution in [0.25, 0.3) is 5.57 Å². The molecular weight excluding hydrogens is 218 g/mol. The molecule has 1 heterocycles. The Morgan fingerprint density at radius 3 is 2.75 bits per heavy atom. The zero-order chi connectivity index (χ0) is 11.7. The summed E-state index contributed by atoms with van der Waals surface area (Å²) in [6, 6.07) is 6.16. The maximum absolute atomic E-state index is 6.08. The molecule has 1 aliphatic rings. The second-order valence-electron chi connectivity index (χ2n) is 4.71. The minimum Gasteiger partial charge on any atom is -0.302 e. The fourth-order valence-corrected chi connectivity index (χ4v) is 2.40. The average Bonchev–Trinajstić information content (AvgIpc) is 2.25. The molecule has 0 aromatic heterocycles. The fraction of sp³-hybridized carbons (Fsp3) is 0.429. The summed E-state index contributed by atoms with van der Waals surface area (Å²) in [4.78, 5) is 2.36. The van der Waals surface area contributed by atoms with Crippen molar-refractivity contribution in [1.82, 2.24) is 4.90 Å². The SMILES string of the molecule is CC1=C(c2cc(Cl)ccc2C)CN(C)CC1. The van der Waals surface area contributed by atoms with E-state index < -0.39 is 0 Å². The van der Waals surface area contributed by atoms with Crippen molar-refractivity contribution in [3.05, 3.63) is 39.9 Å². The number of benzene rings is 1. The first-order chi connectivity index (χ1) is 7.58. The lowest BCUT2D eigenvalue weighted by Gasteiger charge is -2.27. The predicted octanol–water partition coefficient (Wildman–Crippen LogP) is 3.76. The predicted molar refractivity (Wildman–Crippen MR) is 70.9 cm³/mol. The summed E-state index contributed by atoms with van der Waals surface area (Å²) in [5.41, 5.74) is 5.59. The zero-order valence-corrected chi connectivity index (χ0v) is 10.9. The molecule has 2 rings (SSSR count). The van der Waals surface area contributed by atoms with Gasteiger partial charge in [-0.3, -0.25) is 0 Å². The third kappa shape index (κ3) is 2.31. The second-order valence-corrected chi connectivity index (χ2v) is 5.14. The highest BCUT2D eigenvalue weighted by molar-refractivity contribution is 6.30. The first-order valence-electron chi connectivity index (χ1n) is 5.71. The van der Waals surface area contributed by atoms with E-state index in [0.29, 0.717) is 0 Å². The van der Waals surface area contributed by atoms with Crippen LogP contribution in [0.2, 0.25) is 5.02 Å². The normalized spacial score (nSPS) is 18.0. The molecule has 0 saturated heterocycles. The van der Waals surface area contributed by atoms with Crippen molar-refractivity contribution in [3.63, 3.8) is 0 Å². The summed E-state index contributed by atoms with van der Waals surface area (Å²) in [5, 5.41) is 0.828. The molecule has 0 fully saturated rings. The number of nitrogens with zero attached hydrogens (tertiary/aromatic N) is 1. The molecule has 1 aliphatic heterocycles. The van der Waals surface area contributed by atoms with Crippen LogP contribution >= 0.6 is 11.6 Å². The van der Waals surface area contributed by atoms with E-state index >= 15 is 0 Å². The number of rotatable bonds is 1. The standard InChI is InChI=1S/C14H18ClN/c1-10-4-5-12(15)8-13(10)14-9-16(3)7-6-11(14)2/h4-5,8H,6-7,9H2,1-3H3. The van der Waals surface area contributed by atoms with Crippen LogP contribution in [0.15, 0.2) is 23.8 Å². The van der Waals surface area contributed by atoms with Crippen LogP contribution in [-0.4, -0.2) is 25.0 Å². The van der Waals surface area contributed by atoms with Gasteiger partial charge in [0.1, 0.15) is 0 Å². The van der Waals surface area contributed by atoms with E-state index in [1.165, 1.54) is 22.3 Å². The molecule has 1 aromatic rings. The van der Waals surface area contributed by atoms with Gasteiger partial charge in [0.25, 0.3) is 0 Å². The molecule has 1 aromatic carbocycles. The molecule has 16 heavy (non-hydrogen) atoms. The van der Waals surface area contributed by atoms with E-state index in [1.54, 1.807) is 0 Å². The van der Waals surface area contributed by atoms with Crippen molar-refractivity contribution in [1.29, 1.82) is 0 Å². The maximum Gasteiger partial charge on any atom is 0.0412 e. The van der Waals surface area contributed by atoms with Gasteiger partial charge >= 0.3 is 0 Å². The van der Waals surface area contributed by atoms with Gasteiger partial charge in [-0.15, -0.1) is 0 Å². The van der Waals surface area contributed by atoms with E-state index in [0.717, 1.165) is 24.5 Å². The first-order valence-corrected chi connectivity index (χ1v) is 6.09. The van der Waals surface area contributed by atoms with Gasteiger partial charge in [0, 0.05) is 18.1 Å². The van der Waals surface area contributed by atoms with Crippen LogP contribution in [0, 0.1) is 6.92 Å². The molecule has 0 saturated carbocycles. The minimum atomic E-state index is 0.828. The second kappa shape index (κ2) is 4.60. The highest BCUT2D eigenvalue weighted by atomic mass is 35.5. The molecule has 86 valence electrons. The summed E-state index contributed by atoms with van der Waals surface area (Å²) in [7, 11) is 2.17. The van der Waals surface area contributed by atoms with Crippen molar-refractivity contribution >= 4 is 17.2 Å². The minimum absolute atomic E-state index is 0.828. The number of likely N-dealkylation sites (N-methyl/N-ethyl adjacent to an activating group) is 1.